The number of rotatable bonds is 11. The number of hydrogen-bond acceptors (Lipinski definition) is 3. The fraction of sp³-hybridized carbons (Fsp3) is 0.579. The highest BCUT2D eigenvalue weighted by molar-refractivity contribution is 5.94. The van der Waals surface area contributed by atoms with E-state index in [1.807, 2.05) is 24.3 Å². The van der Waals surface area contributed by atoms with E-state index in [2.05, 4.69) is 19.2 Å². The third-order valence-electron chi connectivity index (χ3n) is 3.75. The predicted molar refractivity (Wildman–Crippen MR) is 92.5 cm³/mol. The second kappa shape index (κ2) is 11.7. The van der Waals surface area contributed by atoms with Crippen molar-refractivity contribution in [2.75, 3.05) is 13.2 Å². The number of unbranched alkanes of at least 4 members (excludes halogenated alkanes) is 4. The third-order valence-corrected chi connectivity index (χ3v) is 3.75. The smallest absolute Gasteiger partial charge is 0.307 e. The van der Waals surface area contributed by atoms with E-state index in [0.717, 1.165) is 19.3 Å². The van der Waals surface area contributed by atoms with Gasteiger partial charge < -0.3 is 10.1 Å². The molecule has 0 spiro atoms. The molecule has 23 heavy (non-hydrogen) atoms. The number of amides is 1. The van der Waals surface area contributed by atoms with Crippen molar-refractivity contribution in [1.29, 1.82) is 0 Å². The lowest BCUT2D eigenvalue weighted by molar-refractivity contribution is -0.143. The molecule has 128 valence electrons. The zero-order chi connectivity index (χ0) is 16.9. The first-order chi connectivity index (χ1) is 11.2. The molecule has 0 heterocycles. The minimum absolute atomic E-state index is 0.153. The fourth-order valence-electron chi connectivity index (χ4n) is 2.24. The van der Waals surface area contributed by atoms with Crippen LogP contribution in [0.1, 0.15) is 68.3 Å². The van der Waals surface area contributed by atoms with Crippen LogP contribution in [0.3, 0.4) is 0 Å². The summed E-state index contributed by atoms with van der Waals surface area (Å²) >= 11 is 0. The van der Waals surface area contributed by atoms with Crippen molar-refractivity contribution in [3.63, 3.8) is 0 Å². The summed E-state index contributed by atoms with van der Waals surface area (Å²) in [5.41, 5.74) is 1.82. The zero-order valence-corrected chi connectivity index (χ0v) is 14.4. The van der Waals surface area contributed by atoms with Gasteiger partial charge in [-0.3, -0.25) is 9.59 Å². The van der Waals surface area contributed by atoms with Crippen LogP contribution in [0.25, 0.3) is 0 Å². The number of carbonyl (C=O) groups excluding carboxylic acids is 2. The maximum Gasteiger partial charge on any atom is 0.307 e. The van der Waals surface area contributed by atoms with Gasteiger partial charge in [-0.05, 0) is 30.5 Å². The highest BCUT2D eigenvalue weighted by Crippen LogP contribution is 2.05. The van der Waals surface area contributed by atoms with Gasteiger partial charge in [-0.15, -0.1) is 0 Å². The highest BCUT2D eigenvalue weighted by atomic mass is 16.5. The summed E-state index contributed by atoms with van der Waals surface area (Å²) < 4.78 is 5.15. The molecule has 0 fully saturated rings. The van der Waals surface area contributed by atoms with Crippen molar-refractivity contribution in [2.45, 2.75) is 58.8 Å². The minimum Gasteiger partial charge on any atom is -0.466 e. The zero-order valence-electron chi connectivity index (χ0n) is 14.4. The lowest BCUT2D eigenvalue weighted by Crippen LogP contribution is -2.26. The number of ether oxygens (including phenoxy) is 1. The monoisotopic (exact) mass is 319 g/mol. The van der Waals surface area contributed by atoms with Gasteiger partial charge >= 0.3 is 5.97 Å². The molecule has 1 rings (SSSR count). The van der Waals surface area contributed by atoms with Gasteiger partial charge in [0.25, 0.3) is 5.91 Å². The van der Waals surface area contributed by atoms with Crippen LogP contribution in [0.5, 0.6) is 0 Å². The van der Waals surface area contributed by atoms with E-state index in [-0.39, 0.29) is 18.3 Å². The van der Waals surface area contributed by atoms with E-state index in [1.165, 1.54) is 24.8 Å². The molecule has 0 unspecified atom stereocenters. The van der Waals surface area contributed by atoms with Crippen molar-refractivity contribution in [2.24, 2.45) is 0 Å². The topological polar surface area (TPSA) is 55.4 Å². The SMILES string of the molecule is CCCCCCCOC(=O)CCNC(=O)c1ccc(CC)cc1. The molecule has 0 aliphatic heterocycles. The molecule has 0 bridgehead atoms. The van der Waals surface area contributed by atoms with E-state index in [4.69, 9.17) is 4.74 Å². The first-order valence-corrected chi connectivity index (χ1v) is 8.70. The Hall–Kier alpha value is -1.84. The first-order valence-electron chi connectivity index (χ1n) is 8.70. The van der Waals surface area contributed by atoms with E-state index in [0.29, 0.717) is 18.7 Å². The number of nitrogens with one attached hydrogen (secondary N) is 1. The van der Waals surface area contributed by atoms with Gasteiger partial charge in [-0.2, -0.15) is 0 Å². The average molecular weight is 319 g/mol. The van der Waals surface area contributed by atoms with E-state index < -0.39 is 0 Å². The number of benzene rings is 1. The van der Waals surface area contributed by atoms with Crippen molar-refractivity contribution >= 4 is 11.9 Å². The molecule has 1 amide bonds. The average Bonchev–Trinajstić information content (AvgIpc) is 2.58. The molecular formula is C19H29NO3. The van der Waals surface area contributed by atoms with Crippen LogP contribution in [-0.4, -0.2) is 25.0 Å². The van der Waals surface area contributed by atoms with Gasteiger partial charge in [0.15, 0.2) is 0 Å². The van der Waals surface area contributed by atoms with Crippen LogP contribution in [0.15, 0.2) is 24.3 Å². The number of esters is 1. The highest BCUT2D eigenvalue weighted by Gasteiger charge is 2.07. The van der Waals surface area contributed by atoms with E-state index in [9.17, 15) is 9.59 Å². The molecule has 0 radical (unpaired) electrons. The summed E-state index contributed by atoms with van der Waals surface area (Å²) in [6.45, 7) is 5.04. The van der Waals surface area contributed by atoms with Crippen LogP contribution in [-0.2, 0) is 16.0 Å². The summed E-state index contributed by atoms with van der Waals surface area (Å²) in [4.78, 5) is 23.5. The van der Waals surface area contributed by atoms with Crippen molar-refractivity contribution in [3.05, 3.63) is 35.4 Å². The van der Waals surface area contributed by atoms with Crippen molar-refractivity contribution in [3.8, 4) is 0 Å². The lowest BCUT2D eigenvalue weighted by atomic mass is 10.1. The molecule has 1 aromatic carbocycles. The third kappa shape index (κ3) is 8.38. The Balaban J connectivity index is 2.12. The van der Waals surface area contributed by atoms with Gasteiger partial charge in [0.05, 0.1) is 13.0 Å². The minimum atomic E-state index is -0.248. The molecule has 0 saturated carbocycles. The summed E-state index contributed by atoms with van der Waals surface area (Å²) in [6.07, 6.45) is 6.83. The van der Waals surface area contributed by atoms with Gasteiger partial charge in [0, 0.05) is 12.1 Å². The number of hydrogen-bond donors (Lipinski definition) is 1. The van der Waals surface area contributed by atoms with Crippen LogP contribution in [0.4, 0.5) is 0 Å². The molecule has 1 aromatic rings. The quantitative estimate of drug-likeness (QED) is 0.497. The van der Waals surface area contributed by atoms with E-state index >= 15 is 0 Å². The second-order valence-electron chi connectivity index (χ2n) is 5.69. The van der Waals surface area contributed by atoms with Crippen LogP contribution in [0, 0.1) is 0 Å². The predicted octanol–water partition coefficient (Wildman–Crippen LogP) is 3.88. The van der Waals surface area contributed by atoms with Crippen LogP contribution >= 0.6 is 0 Å². The Morgan fingerprint density at radius 2 is 1.70 bits per heavy atom. The largest absolute Gasteiger partial charge is 0.466 e. The molecule has 4 heteroatoms. The molecule has 0 atom stereocenters. The lowest BCUT2D eigenvalue weighted by Gasteiger charge is -2.07. The Labute approximate surface area is 139 Å². The number of aryl methyl sites for hydroxylation is 1. The van der Waals surface area contributed by atoms with Crippen LogP contribution in [0.2, 0.25) is 0 Å². The maximum absolute atomic E-state index is 11.9. The summed E-state index contributed by atoms with van der Waals surface area (Å²) in [7, 11) is 0. The Morgan fingerprint density at radius 1 is 1.00 bits per heavy atom. The van der Waals surface area contributed by atoms with Gasteiger partial charge in [-0.1, -0.05) is 51.7 Å². The molecule has 4 nitrogen and oxygen atoms in total. The molecule has 0 aromatic heterocycles. The molecule has 0 aliphatic rings. The van der Waals surface area contributed by atoms with Crippen LogP contribution < -0.4 is 5.32 Å². The van der Waals surface area contributed by atoms with Crippen molar-refractivity contribution < 1.29 is 14.3 Å². The van der Waals surface area contributed by atoms with Gasteiger partial charge in [0.2, 0.25) is 0 Å². The standard InChI is InChI=1S/C19H29NO3/c1-3-5-6-7-8-15-23-18(21)13-14-20-19(22)17-11-9-16(4-2)10-12-17/h9-12H,3-8,13-15H2,1-2H3,(H,20,22). The summed E-state index contributed by atoms with van der Waals surface area (Å²) in [5.74, 6) is -0.401. The fourth-order valence-corrected chi connectivity index (χ4v) is 2.24. The molecular weight excluding hydrogens is 290 g/mol. The van der Waals surface area contributed by atoms with Gasteiger partial charge in [-0.25, -0.2) is 0 Å². The first kappa shape index (κ1) is 19.2. The summed E-state index contributed by atoms with van der Waals surface area (Å²) in [5, 5.41) is 2.75. The second-order valence-corrected chi connectivity index (χ2v) is 5.69. The molecule has 0 saturated heterocycles. The Bertz CT molecular complexity index is 468. The molecule has 0 aliphatic carbocycles. The Morgan fingerprint density at radius 3 is 2.35 bits per heavy atom. The summed E-state index contributed by atoms with van der Waals surface area (Å²) in [6, 6.07) is 7.51. The van der Waals surface area contributed by atoms with Crippen molar-refractivity contribution in [1.82, 2.24) is 5.32 Å². The number of carbonyl (C=O) groups is 2. The normalized spacial score (nSPS) is 10.3. The maximum atomic E-state index is 11.9. The molecule has 1 N–H and O–H groups in total. The van der Waals surface area contributed by atoms with Gasteiger partial charge in [0.1, 0.15) is 0 Å². The van der Waals surface area contributed by atoms with E-state index in [1.54, 1.807) is 0 Å². The Kier molecular flexibility index (Phi) is 9.76.